The van der Waals surface area contributed by atoms with Gasteiger partial charge in [0, 0.05) is 35.7 Å². The number of rotatable bonds is 6. The summed E-state index contributed by atoms with van der Waals surface area (Å²) < 4.78 is 5.39. The van der Waals surface area contributed by atoms with Crippen LogP contribution in [0.1, 0.15) is 46.2 Å². The summed E-state index contributed by atoms with van der Waals surface area (Å²) in [4.78, 5) is 13.7. The molecule has 0 heterocycles. The summed E-state index contributed by atoms with van der Waals surface area (Å²) in [5, 5.41) is 4.69. The smallest absolute Gasteiger partial charge is 0.410 e. The maximum absolute atomic E-state index is 12.1. The number of amides is 1. The van der Waals surface area contributed by atoms with Crippen molar-refractivity contribution in [3.05, 3.63) is 33.8 Å². The quantitative estimate of drug-likeness (QED) is 0.784. The van der Waals surface area contributed by atoms with Crippen molar-refractivity contribution in [2.75, 3.05) is 19.6 Å². The van der Waals surface area contributed by atoms with Gasteiger partial charge >= 0.3 is 6.09 Å². The number of carbonyl (C=O) groups is 1. The predicted octanol–water partition coefficient (Wildman–Crippen LogP) is 4.90. The molecule has 1 N–H and O–H groups in total. The summed E-state index contributed by atoms with van der Waals surface area (Å²) in [6.45, 7) is 11.3. The topological polar surface area (TPSA) is 41.6 Å². The molecule has 0 spiro atoms. The second-order valence-electron chi connectivity index (χ2n) is 6.40. The Morgan fingerprint density at radius 2 is 2.00 bits per heavy atom. The van der Waals surface area contributed by atoms with Gasteiger partial charge in [0.25, 0.3) is 0 Å². The van der Waals surface area contributed by atoms with E-state index in [0.29, 0.717) is 29.7 Å². The Morgan fingerprint density at radius 3 is 2.57 bits per heavy atom. The molecule has 0 saturated heterocycles. The first-order chi connectivity index (χ1) is 10.6. The van der Waals surface area contributed by atoms with Crippen molar-refractivity contribution in [1.82, 2.24) is 10.2 Å². The first-order valence-corrected chi connectivity index (χ1v) is 8.56. The normalized spacial score (nSPS) is 12.8. The summed E-state index contributed by atoms with van der Waals surface area (Å²) in [7, 11) is 0. The molecule has 0 aliphatic heterocycles. The van der Waals surface area contributed by atoms with E-state index in [4.69, 9.17) is 27.9 Å². The molecular formula is C17H26Cl2N2O2. The van der Waals surface area contributed by atoms with Gasteiger partial charge in [0.15, 0.2) is 0 Å². The summed E-state index contributed by atoms with van der Waals surface area (Å²) in [6.07, 6.45) is -0.296. The van der Waals surface area contributed by atoms with Gasteiger partial charge in [-0.1, -0.05) is 23.2 Å². The minimum atomic E-state index is -0.487. The lowest BCUT2D eigenvalue weighted by Gasteiger charge is -2.27. The van der Waals surface area contributed by atoms with Crippen LogP contribution in [0.3, 0.4) is 0 Å². The maximum Gasteiger partial charge on any atom is 0.410 e. The molecule has 23 heavy (non-hydrogen) atoms. The highest BCUT2D eigenvalue weighted by atomic mass is 35.5. The lowest BCUT2D eigenvalue weighted by molar-refractivity contribution is 0.0261. The largest absolute Gasteiger partial charge is 0.444 e. The zero-order chi connectivity index (χ0) is 17.6. The minimum absolute atomic E-state index is 0.0403. The Hall–Kier alpha value is -0.970. The predicted molar refractivity (Wildman–Crippen MR) is 96.4 cm³/mol. The molecule has 1 aromatic carbocycles. The van der Waals surface area contributed by atoms with Crippen LogP contribution in [0.2, 0.25) is 10.0 Å². The molecule has 6 heteroatoms. The molecule has 4 nitrogen and oxygen atoms in total. The van der Waals surface area contributed by atoms with Crippen LogP contribution in [0.25, 0.3) is 0 Å². The van der Waals surface area contributed by atoms with E-state index in [1.165, 1.54) is 0 Å². The van der Waals surface area contributed by atoms with Gasteiger partial charge in [-0.25, -0.2) is 4.79 Å². The molecule has 1 atom stereocenters. The average Bonchev–Trinajstić information content (AvgIpc) is 2.44. The Morgan fingerprint density at radius 1 is 1.35 bits per heavy atom. The Kier molecular flexibility index (Phi) is 7.65. The molecular weight excluding hydrogens is 335 g/mol. The molecule has 0 saturated carbocycles. The molecule has 0 aliphatic rings. The molecule has 0 fully saturated rings. The maximum atomic E-state index is 12.1. The van der Waals surface area contributed by atoms with Crippen LogP contribution in [0.15, 0.2) is 18.2 Å². The van der Waals surface area contributed by atoms with Crippen molar-refractivity contribution < 1.29 is 9.53 Å². The number of hydrogen-bond acceptors (Lipinski definition) is 3. The number of halogens is 2. The third-order valence-corrected chi connectivity index (χ3v) is 3.87. The highest BCUT2D eigenvalue weighted by Gasteiger charge is 2.21. The van der Waals surface area contributed by atoms with E-state index in [0.717, 1.165) is 5.56 Å². The van der Waals surface area contributed by atoms with Crippen molar-refractivity contribution in [1.29, 1.82) is 0 Å². The van der Waals surface area contributed by atoms with Gasteiger partial charge in [0.05, 0.1) is 0 Å². The van der Waals surface area contributed by atoms with Crippen LogP contribution in [0.4, 0.5) is 4.79 Å². The van der Waals surface area contributed by atoms with Crippen molar-refractivity contribution in [2.24, 2.45) is 0 Å². The van der Waals surface area contributed by atoms with Gasteiger partial charge in [0.1, 0.15) is 5.60 Å². The fourth-order valence-corrected chi connectivity index (χ4v) is 2.54. The van der Waals surface area contributed by atoms with Crippen molar-refractivity contribution in [3.63, 3.8) is 0 Å². The van der Waals surface area contributed by atoms with E-state index >= 15 is 0 Å². The van der Waals surface area contributed by atoms with Crippen molar-refractivity contribution in [3.8, 4) is 0 Å². The van der Waals surface area contributed by atoms with Gasteiger partial charge in [0.2, 0.25) is 0 Å². The number of ether oxygens (including phenoxy) is 1. The summed E-state index contributed by atoms with van der Waals surface area (Å²) in [5.41, 5.74) is 0.457. The first kappa shape index (κ1) is 20.1. The van der Waals surface area contributed by atoms with E-state index in [-0.39, 0.29) is 12.1 Å². The monoisotopic (exact) mass is 360 g/mol. The van der Waals surface area contributed by atoms with E-state index in [2.05, 4.69) is 5.32 Å². The van der Waals surface area contributed by atoms with E-state index < -0.39 is 5.60 Å². The molecule has 1 amide bonds. The second kappa shape index (κ2) is 8.76. The van der Waals surface area contributed by atoms with Gasteiger partial charge in [-0.15, -0.1) is 0 Å². The van der Waals surface area contributed by atoms with E-state index in [1.54, 1.807) is 17.0 Å². The molecule has 1 rings (SSSR count). The molecule has 0 bridgehead atoms. The number of likely N-dealkylation sites (N-methyl/N-ethyl adjacent to an activating group) is 1. The van der Waals surface area contributed by atoms with Crippen molar-refractivity contribution >= 4 is 29.3 Å². The van der Waals surface area contributed by atoms with E-state index in [1.807, 2.05) is 40.7 Å². The van der Waals surface area contributed by atoms with Crippen molar-refractivity contribution in [2.45, 2.75) is 46.3 Å². The molecule has 0 radical (unpaired) electrons. The third-order valence-electron chi connectivity index (χ3n) is 3.29. The molecule has 1 unspecified atom stereocenters. The highest BCUT2D eigenvalue weighted by Crippen LogP contribution is 2.26. The number of carbonyl (C=O) groups excluding carboxylic acids is 1. The first-order valence-electron chi connectivity index (χ1n) is 7.80. The van der Waals surface area contributed by atoms with Gasteiger partial charge < -0.3 is 15.0 Å². The standard InChI is InChI=1S/C17H26Cl2N2O2/c1-6-21(16(22)23-17(3,4)5)10-9-20-12(2)14-11-13(18)7-8-15(14)19/h7-8,11-12,20H,6,9-10H2,1-5H3. The zero-order valence-electron chi connectivity index (χ0n) is 14.5. The summed E-state index contributed by atoms with van der Waals surface area (Å²) in [6, 6.07) is 5.45. The summed E-state index contributed by atoms with van der Waals surface area (Å²) in [5.74, 6) is 0. The lowest BCUT2D eigenvalue weighted by Crippen LogP contribution is -2.40. The SMILES string of the molecule is CCN(CCNC(C)c1cc(Cl)ccc1Cl)C(=O)OC(C)(C)C. The molecule has 0 aliphatic carbocycles. The third kappa shape index (κ3) is 6.98. The number of hydrogen-bond donors (Lipinski definition) is 1. The molecule has 1 aromatic rings. The minimum Gasteiger partial charge on any atom is -0.444 e. The van der Waals surface area contributed by atoms with Crippen LogP contribution in [-0.2, 0) is 4.74 Å². The number of nitrogens with zero attached hydrogens (tertiary/aromatic N) is 1. The van der Waals surface area contributed by atoms with Crippen LogP contribution in [0.5, 0.6) is 0 Å². The Bertz CT molecular complexity index is 530. The fraction of sp³-hybridized carbons (Fsp3) is 0.588. The van der Waals surface area contributed by atoms with Gasteiger partial charge in [-0.05, 0) is 58.4 Å². The Balaban J connectivity index is 2.54. The van der Waals surface area contributed by atoms with Gasteiger partial charge in [-0.3, -0.25) is 0 Å². The number of benzene rings is 1. The average molecular weight is 361 g/mol. The van der Waals surface area contributed by atoms with Crippen LogP contribution >= 0.6 is 23.2 Å². The van der Waals surface area contributed by atoms with Gasteiger partial charge in [-0.2, -0.15) is 0 Å². The summed E-state index contributed by atoms with van der Waals surface area (Å²) >= 11 is 12.2. The zero-order valence-corrected chi connectivity index (χ0v) is 16.0. The van der Waals surface area contributed by atoms with E-state index in [9.17, 15) is 4.79 Å². The highest BCUT2D eigenvalue weighted by molar-refractivity contribution is 6.33. The van der Waals surface area contributed by atoms with Crippen LogP contribution in [0, 0.1) is 0 Å². The molecule has 130 valence electrons. The fourth-order valence-electron chi connectivity index (χ4n) is 2.08. The van der Waals surface area contributed by atoms with Crippen LogP contribution < -0.4 is 5.32 Å². The number of nitrogens with one attached hydrogen (secondary N) is 1. The molecule has 0 aromatic heterocycles. The lowest BCUT2D eigenvalue weighted by atomic mass is 10.1. The second-order valence-corrected chi connectivity index (χ2v) is 7.25. The Labute approximate surface area is 149 Å². The van der Waals surface area contributed by atoms with Crippen LogP contribution in [-0.4, -0.2) is 36.2 Å².